The van der Waals surface area contributed by atoms with Crippen molar-refractivity contribution in [3.05, 3.63) is 33.0 Å². The predicted molar refractivity (Wildman–Crippen MR) is 50.6 cm³/mol. The van der Waals surface area contributed by atoms with Crippen molar-refractivity contribution in [1.29, 1.82) is 0 Å². The third-order valence-electron chi connectivity index (χ3n) is 1.55. The van der Waals surface area contributed by atoms with Gasteiger partial charge in [0.05, 0.1) is 5.02 Å². The fraction of sp³-hybridized carbons (Fsp3) is 0.125. The van der Waals surface area contributed by atoms with E-state index in [0.717, 1.165) is 6.07 Å². The van der Waals surface area contributed by atoms with Crippen molar-refractivity contribution in [3.8, 4) is 0 Å². The Bertz CT molecular complexity index is 384. The molecule has 1 N–H and O–H groups in total. The number of hydrogen-bond donors (Lipinski definition) is 1. The van der Waals surface area contributed by atoms with Gasteiger partial charge in [-0.2, -0.15) is 0 Å². The minimum Gasteiger partial charge on any atom is -0.479 e. The van der Waals surface area contributed by atoms with Gasteiger partial charge in [-0.05, 0) is 22.0 Å². The molecule has 1 atom stereocenters. The second-order valence-corrected chi connectivity index (χ2v) is 3.70. The van der Waals surface area contributed by atoms with Crippen LogP contribution in [0.15, 0.2) is 16.6 Å². The third-order valence-corrected chi connectivity index (χ3v) is 2.81. The van der Waals surface area contributed by atoms with Gasteiger partial charge in [0, 0.05) is 10.0 Å². The average Bonchev–Trinajstić information content (AvgIpc) is 2.13. The summed E-state index contributed by atoms with van der Waals surface area (Å²) in [5.41, 5.74) is -0.578. The molecule has 14 heavy (non-hydrogen) atoms. The maximum atomic E-state index is 13.2. The second-order valence-electron chi connectivity index (χ2n) is 2.47. The van der Waals surface area contributed by atoms with Gasteiger partial charge in [-0.1, -0.05) is 17.7 Å². The molecule has 2 nitrogen and oxygen atoms in total. The molecule has 6 heteroatoms. The number of aliphatic carboxylic acids is 1. The molecule has 1 aromatic carbocycles. The van der Waals surface area contributed by atoms with Gasteiger partial charge in [-0.15, -0.1) is 0 Å². The zero-order valence-electron chi connectivity index (χ0n) is 6.60. The first-order chi connectivity index (χ1) is 6.45. The maximum Gasteiger partial charge on any atom is 0.343 e. The van der Waals surface area contributed by atoms with E-state index in [2.05, 4.69) is 15.9 Å². The van der Waals surface area contributed by atoms with E-state index in [1.807, 2.05) is 0 Å². The standard InChI is InChI=1S/C8H4BrClF2O2/c9-4-2-1-3(6(11)5(4)10)7(12)8(13)14/h1-2,7H,(H,13,14). The Kier molecular flexibility index (Phi) is 3.44. The minimum atomic E-state index is -2.40. The number of alkyl halides is 1. The Balaban J connectivity index is 3.24. The Morgan fingerprint density at radius 2 is 2.14 bits per heavy atom. The molecular weight excluding hydrogens is 281 g/mol. The molecule has 1 aromatic rings. The van der Waals surface area contributed by atoms with Gasteiger partial charge in [0.15, 0.2) is 0 Å². The molecule has 0 aromatic heterocycles. The lowest BCUT2D eigenvalue weighted by Gasteiger charge is -2.06. The first kappa shape index (κ1) is 11.4. The van der Waals surface area contributed by atoms with Crippen LogP contribution in [-0.2, 0) is 4.79 Å². The lowest BCUT2D eigenvalue weighted by atomic mass is 10.1. The van der Waals surface area contributed by atoms with Crippen molar-refractivity contribution in [3.63, 3.8) is 0 Å². The average molecular weight is 285 g/mol. The largest absolute Gasteiger partial charge is 0.479 e. The van der Waals surface area contributed by atoms with Crippen molar-refractivity contribution in [2.45, 2.75) is 6.17 Å². The van der Waals surface area contributed by atoms with Crippen LogP contribution in [0.1, 0.15) is 11.7 Å². The van der Waals surface area contributed by atoms with Crippen LogP contribution < -0.4 is 0 Å². The summed E-state index contributed by atoms with van der Waals surface area (Å²) >= 11 is 8.37. The van der Waals surface area contributed by atoms with Crippen LogP contribution in [0.3, 0.4) is 0 Å². The van der Waals surface area contributed by atoms with Gasteiger partial charge in [-0.3, -0.25) is 0 Å². The smallest absolute Gasteiger partial charge is 0.343 e. The predicted octanol–water partition coefficient (Wildman–Crippen LogP) is 3.34. The number of carbonyl (C=O) groups is 1. The Morgan fingerprint density at radius 1 is 1.57 bits per heavy atom. The molecule has 0 saturated carbocycles. The molecule has 0 aliphatic heterocycles. The van der Waals surface area contributed by atoms with E-state index in [-0.39, 0.29) is 9.50 Å². The summed E-state index contributed by atoms with van der Waals surface area (Å²) in [5, 5.41) is 8.00. The van der Waals surface area contributed by atoms with Gasteiger partial charge in [0.1, 0.15) is 5.82 Å². The molecule has 1 unspecified atom stereocenters. The molecule has 0 fully saturated rings. The Morgan fingerprint density at radius 3 is 2.64 bits per heavy atom. The van der Waals surface area contributed by atoms with Gasteiger partial charge in [0.25, 0.3) is 0 Å². The SMILES string of the molecule is O=C(O)C(F)c1ccc(Br)c(Cl)c1F. The van der Waals surface area contributed by atoms with E-state index in [1.54, 1.807) is 0 Å². The van der Waals surface area contributed by atoms with Crippen LogP contribution in [0.5, 0.6) is 0 Å². The van der Waals surface area contributed by atoms with E-state index >= 15 is 0 Å². The van der Waals surface area contributed by atoms with Gasteiger partial charge < -0.3 is 5.11 Å². The number of carboxylic acids is 1. The molecule has 0 bridgehead atoms. The minimum absolute atomic E-state index is 0.248. The first-order valence-corrected chi connectivity index (χ1v) is 4.62. The summed E-state index contributed by atoms with van der Waals surface area (Å²) in [5.74, 6) is -2.81. The number of hydrogen-bond acceptors (Lipinski definition) is 1. The quantitative estimate of drug-likeness (QED) is 0.846. The fourth-order valence-corrected chi connectivity index (χ4v) is 1.35. The highest BCUT2D eigenvalue weighted by atomic mass is 79.9. The molecule has 0 spiro atoms. The van der Waals surface area contributed by atoms with E-state index in [4.69, 9.17) is 16.7 Å². The summed E-state index contributed by atoms with van der Waals surface area (Å²) < 4.78 is 26.4. The van der Waals surface area contributed by atoms with Gasteiger partial charge >= 0.3 is 5.97 Å². The van der Waals surface area contributed by atoms with Crippen LogP contribution in [0.25, 0.3) is 0 Å². The summed E-state index contributed by atoms with van der Waals surface area (Å²) in [4.78, 5) is 10.3. The molecule has 0 saturated heterocycles. The summed E-state index contributed by atoms with van der Waals surface area (Å²) in [6.07, 6.45) is -2.40. The monoisotopic (exact) mass is 284 g/mol. The summed E-state index contributed by atoms with van der Waals surface area (Å²) in [6, 6.07) is 2.32. The van der Waals surface area contributed by atoms with Gasteiger partial charge in [0.2, 0.25) is 6.17 Å². The molecule has 0 aliphatic rings. The highest BCUT2D eigenvalue weighted by molar-refractivity contribution is 9.10. The van der Waals surface area contributed by atoms with E-state index in [0.29, 0.717) is 0 Å². The van der Waals surface area contributed by atoms with Crippen LogP contribution in [0.2, 0.25) is 5.02 Å². The molecular formula is C8H4BrClF2O2. The number of rotatable bonds is 2. The summed E-state index contributed by atoms with van der Waals surface area (Å²) in [6.45, 7) is 0. The number of halogens is 4. The van der Waals surface area contributed by atoms with Crippen LogP contribution in [-0.4, -0.2) is 11.1 Å². The van der Waals surface area contributed by atoms with Crippen LogP contribution >= 0.6 is 27.5 Å². The highest BCUT2D eigenvalue weighted by Crippen LogP contribution is 2.31. The molecule has 0 amide bonds. The van der Waals surface area contributed by atoms with Crippen LogP contribution in [0.4, 0.5) is 8.78 Å². The zero-order valence-corrected chi connectivity index (χ0v) is 8.94. The van der Waals surface area contributed by atoms with E-state index in [9.17, 15) is 13.6 Å². The van der Waals surface area contributed by atoms with Crippen molar-refractivity contribution >= 4 is 33.5 Å². The summed E-state index contributed by atoms with van der Waals surface area (Å²) in [7, 11) is 0. The molecule has 0 heterocycles. The second kappa shape index (κ2) is 4.23. The fourth-order valence-electron chi connectivity index (χ4n) is 0.870. The molecule has 0 radical (unpaired) electrons. The Labute approximate surface area is 91.6 Å². The third kappa shape index (κ3) is 2.04. The van der Waals surface area contributed by atoms with Crippen molar-refractivity contribution in [1.82, 2.24) is 0 Å². The number of benzene rings is 1. The topological polar surface area (TPSA) is 37.3 Å². The zero-order chi connectivity index (χ0) is 10.9. The maximum absolute atomic E-state index is 13.2. The Hall–Kier alpha value is -0.680. The molecule has 0 aliphatic carbocycles. The normalized spacial score (nSPS) is 12.6. The lowest BCUT2D eigenvalue weighted by Crippen LogP contribution is -2.08. The van der Waals surface area contributed by atoms with Crippen molar-refractivity contribution in [2.75, 3.05) is 0 Å². The first-order valence-electron chi connectivity index (χ1n) is 3.45. The number of carboxylic acid groups (broad SMARTS) is 1. The van der Waals surface area contributed by atoms with Gasteiger partial charge in [-0.25, -0.2) is 13.6 Å². The molecule has 76 valence electrons. The lowest BCUT2D eigenvalue weighted by molar-refractivity contribution is -0.143. The van der Waals surface area contributed by atoms with E-state index < -0.39 is 23.5 Å². The van der Waals surface area contributed by atoms with Crippen molar-refractivity contribution in [2.24, 2.45) is 0 Å². The highest BCUT2D eigenvalue weighted by Gasteiger charge is 2.24. The molecule has 1 rings (SSSR count). The van der Waals surface area contributed by atoms with E-state index in [1.165, 1.54) is 6.07 Å². The van der Waals surface area contributed by atoms with Crippen molar-refractivity contribution < 1.29 is 18.7 Å². The van der Waals surface area contributed by atoms with Crippen LogP contribution in [0, 0.1) is 5.82 Å².